The predicted molar refractivity (Wildman–Crippen MR) is 145 cm³/mol. The van der Waals surface area contributed by atoms with E-state index in [0.717, 1.165) is 23.3 Å². The topological polar surface area (TPSA) is 99.6 Å². The SMILES string of the molecule is CCCCCCOc1ccc(Cc2nc(C)c(OCc3ccccc3)c(C(=O)NCC(=O)OCC)n2)cc1. The molecule has 0 bridgehead atoms. The third kappa shape index (κ3) is 9.18. The number of aromatic nitrogens is 2. The van der Waals surface area contributed by atoms with Gasteiger partial charge in [0.1, 0.15) is 24.7 Å². The van der Waals surface area contributed by atoms with Crippen LogP contribution in [0.2, 0.25) is 0 Å². The first-order valence-corrected chi connectivity index (χ1v) is 13.2. The van der Waals surface area contributed by atoms with Gasteiger partial charge in [-0.05, 0) is 43.5 Å². The van der Waals surface area contributed by atoms with Gasteiger partial charge in [-0.2, -0.15) is 0 Å². The highest BCUT2D eigenvalue weighted by atomic mass is 16.5. The summed E-state index contributed by atoms with van der Waals surface area (Å²) in [6.07, 6.45) is 5.06. The van der Waals surface area contributed by atoms with Gasteiger partial charge in [0.05, 0.1) is 18.9 Å². The van der Waals surface area contributed by atoms with Crippen molar-refractivity contribution in [2.45, 2.75) is 59.5 Å². The molecule has 0 radical (unpaired) electrons. The molecule has 38 heavy (non-hydrogen) atoms. The van der Waals surface area contributed by atoms with Crippen molar-refractivity contribution in [2.75, 3.05) is 19.8 Å². The van der Waals surface area contributed by atoms with Crippen molar-refractivity contribution in [2.24, 2.45) is 0 Å². The highest BCUT2D eigenvalue weighted by Gasteiger charge is 2.21. The van der Waals surface area contributed by atoms with E-state index in [4.69, 9.17) is 14.2 Å². The van der Waals surface area contributed by atoms with Gasteiger partial charge in [0, 0.05) is 6.42 Å². The first-order valence-electron chi connectivity index (χ1n) is 13.2. The van der Waals surface area contributed by atoms with E-state index in [1.165, 1.54) is 19.3 Å². The van der Waals surface area contributed by atoms with Crippen LogP contribution in [0.3, 0.4) is 0 Å². The second-order valence-corrected chi connectivity index (χ2v) is 8.89. The molecule has 0 saturated carbocycles. The standard InChI is InChI=1S/C30H37N3O5/c1-4-6-7-11-18-37-25-16-14-23(15-17-25)19-26-32-22(3)29(38-21-24-12-9-8-10-13-24)28(33-26)30(35)31-20-27(34)36-5-2/h8-10,12-17H,4-7,11,18-21H2,1-3H3,(H,31,35). The number of hydrogen-bond acceptors (Lipinski definition) is 7. The quantitative estimate of drug-likeness (QED) is 0.217. The van der Waals surface area contributed by atoms with Crippen molar-refractivity contribution >= 4 is 11.9 Å². The number of unbranched alkanes of at least 4 members (excludes halogenated alkanes) is 3. The fourth-order valence-corrected chi connectivity index (χ4v) is 3.81. The molecule has 0 unspecified atom stereocenters. The van der Waals surface area contributed by atoms with Gasteiger partial charge in [-0.3, -0.25) is 9.59 Å². The van der Waals surface area contributed by atoms with Crippen LogP contribution in [0.25, 0.3) is 0 Å². The van der Waals surface area contributed by atoms with Crippen molar-refractivity contribution in [3.05, 3.63) is 82.9 Å². The number of amides is 1. The molecular formula is C30H37N3O5. The number of hydrogen-bond donors (Lipinski definition) is 1. The Morgan fingerprint density at radius 2 is 1.63 bits per heavy atom. The van der Waals surface area contributed by atoms with Crippen molar-refractivity contribution in [1.29, 1.82) is 0 Å². The van der Waals surface area contributed by atoms with E-state index in [2.05, 4.69) is 22.2 Å². The Morgan fingerprint density at radius 3 is 2.34 bits per heavy atom. The first-order chi connectivity index (χ1) is 18.5. The molecular weight excluding hydrogens is 482 g/mol. The first kappa shape index (κ1) is 28.6. The minimum absolute atomic E-state index is 0.0831. The zero-order valence-corrected chi connectivity index (χ0v) is 22.5. The number of aryl methyl sites for hydroxylation is 1. The van der Waals surface area contributed by atoms with Crippen LogP contribution in [0.5, 0.6) is 11.5 Å². The lowest BCUT2D eigenvalue weighted by molar-refractivity contribution is -0.141. The number of esters is 1. The molecule has 1 N–H and O–H groups in total. The number of ether oxygens (including phenoxy) is 3. The molecule has 3 aromatic rings. The minimum atomic E-state index is -0.528. The zero-order valence-electron chi connectivity index (χ0n) is 22.5. The maximum Gasteiger partial charge on any atom is 0.325 e. The van der Waals surface area contributed by atoms with Gasteiger partial charge in [-0.25, -0.2) is 9.97 Å². The molecule has 0 aliphatic heterocycles. The number of nitrogens with one attached hydrogen (secondary N) is 1. The molecule has 0 aliphatic rings. The monoisotopic (exact) mass is 519 g/mol. The van der Waals surface area contributed by atoms with Crippen LogP contribution in [0.4, 0.5) is 0 Å². The van der Waals surface area contributed by atoms with E-state index in [1.807, 2.05) is 54.6 Å². The molecule has 0 fully saturated rings. The van der Waals surface area contributed by atoms with Gasteiger partial charge < -0.3 is 19.5 Å². The molecule has 202 valence electrons. The van der Waals surface area contributed by atoms with Gasteiger partial charge >= 0.3 is 5.97 Å². The number of nitrogens with zero attached hydrogens (tertiary/aromatic N) is 2. The molecule has 2 aromatic carbocycles. The van der Waals surface area contributed by atoms with Crippen LogP contribution in [-0.4, -0.2) is 41.6 Å². The Hall–Kier alpha value is -3.94. The molecule has 1 heterocycles. The van der Waals surface area contributed by atoms with Crippen molar-refractivity contribution < 1.29 is 23.8 Å². The average molecular weight is 520 g/mol. The summed E-state index contributed by atoms with van der Waals surface area (Å²) in [6.45, 7) is 6.61. The summed E-state index contributed by atoms with van der Waals surface area (Å²) in [6, 6.07) is 17.4. The molecule has 0 spiro atoms. The summed E-state index contributed by atoms with van der Waals surface area (Å²) < 4.78 is 16.7. The lowest BCUT2D eigenvalue weighted by Crippen LogP contribution is -2.32. The van der Waals surface area contributed by atoms with Crippen LogP contribution in [0, 0.1) is 6.92 Å². The van der Waals surface area contributed by atoms with Crippen molar-refractivity contribution in [3.8, 4) is 11.5 Å². The van der Waals surface area contributed by atoms with Crippen LogP contribution < -0.4 is 14.8 Å². The van der Waals surface area contributed by atoms with Crippen molar-refractivity contribution in [3.63, 3.8) is 0 Å². The summed E-state index contributed by atoms with van der Waals surface area (Å²) in [5.74, 6) is 0.534. The largest absolute Gasteiger partial charge is 0.494 e. The third-order valence-corrected chi connectivity index (χ3v) is 5.77. The lowest BCUT2D eigenvalue weighted by Gasteiger charge is -2.15. The third-order valence-electron chi connectivity index (χ3n) is 5.77. The second-order valence-electron chi connectivity index (χ2n) is 8.89. The zero-order chi connectivity index (χ0) is 27.2. The summed E-state index contributed by atoms with van der Waals surface area (Å²) in [7, 11) is 0. The number of carbonyl (C=O) groups is 2. The van der Waals surface area contributed by atoms with E-state index in [0.29, 0.717) is 24.5 Å². The number of carbonyl (C=O) groups excluding carboxylic acids is 2. The lowest BCUT2D eigenvalue weighted by atomic mass is 10.1. The van der Waals surface area contributed by atoms with Gasteiger partial charge in [0.2, 0.25) is 0 Å². The normalized spacial score (nSPS) is 10.6. The van der Waals surface area contributed by atoms with E-state index in [1.54, 1.807) is 13.8 Å². The van der Waals surface area contributed by atoms with Crippen LogP contribution >= 0.6 is 0 Å². The van der Waals surface area contributed by atoms with E-state index in [9.17, 15) is 9.59 Å². The number of benzene rings is 2. The van der Waals surface area contributed by atoms with Crippen molar-refractivity contribution in [1.82, 2.24) is 15.3 Å². The van der Waals surface area contributed by atoms with E-state index >= 15 is 0 Å². The van der Waals surface area contributed by atoms with Gasteiger partial charge in [0.25, 0.3) is 5.91 Å². The fraction of sp³-hybridized carbons (Fsp3) is 0.400. The maximum absolute atomic E-state index is 13.0. The summed E-state index contributed by atoms with van der Waals surface area (Å²) in [5.41, 5.74) is 2.55. The second kappa shape index (κ2) is 15.3. The molecule has 8 nitrogen and oxygen atoms in total. The summed E-state index contributed by atoms with van der Waals surface area (Å²) in [5, 5.41) is 2.58. The Morgan fingerprint density at radius 1 is 0.868 bits per heavy atom. The minimum Gasteiger partial charge on any atom is -0.494 e. The van der Waals surface area contributed by atoms with Crippen LogP contribution in [0.15, 0.2) is 54.6 Å². The molecule has 0 aliphatic carbocycles. The Labute approximate surface area is 224 Å². The highest BCUT2D eigenvalue weighted by molar-refractivity contribution is 5.96. The molecule has 8 heteroatoms. The molecule has 0 atom stereocenters. The van der Waals surface area contributed by atoms with Crippen LogP contribution in [-0.2, 0) is 22.6 Å². The molecule has 3 rings (SSSR count). The van der Waals surface area contributed by atoms with E-state index in [-0.39, 0.29) is 31.2 Å². The van der Waals surface area contributed by atoms with Crippen LogP contribution in [0.1, 0.15) is 72.7 Å². The Balaban J connectivity index is 1.74. The van der Waals surface area contributed by atoms with Gasteiger partial charge in [-0.15, -0.1) is 0 Å². The Kier molecular flexibility index (Phi) is 11.6. The number of rotatable bonds is 15. The molecule has 1 aromatic heterocycles. The average Bonchev–Trinajstić information content (AvgIpc) is 2.92. The summed E-state index contributed by atoms with van der Waals surface area (Å²) in [4.78, 5) is 34.0. The molecule has 1 amide bonds. The highest BCUT2D eigenvalue weighted by Crippen LogP contribution is 2.24. The van der Waals surface area contributed by atoms with Gasteiger partial charge in [0.15, 0.2) is 11.4 Å². The fourth-order valence-electron chi connectivity index (χ4n) is 3.81. The maximum atomic E-state index is 13.0. The predicted octanol–water partition coefficient (Wildman–Crippen LogP) is 5.21. The van der Waals surface area contributed by atoms with E-state index < -0.39 is 11.9 Å². The molecule has 0 saturated heterocycles. The smallest absolute Gasteiger partial charge is 0.325 e. The van der Waals surface area contributed by atoms with Gasteiger partial charge in [-0.1, -0.05) is 68.7 Å². The summed E-state index contributed by atoms with van der Waals surface area (Å²) >= 11 is 0. The Bertz CT molecular complexity index is 1170.